The number of rotatable bonds is 5. The fourth-order valence-electron chi connectivity index (χ4n) is 1.68. The Bertz CT molecular complexity index is 523. The van der Waals surface area contributed by atoms with Gasteiger partial charge in [0.15, 0.2) is 5.82 Å². The van der Waals surface area contributed by atoms with Crippen LogP contribution in [0, 0.1) is 6.92 Å². The second kappa shape index (κ2) is 5.59. The molecule has 0 bridgehead atoms. The molecule has 18 heavy (non-hydrogen) atoms. The molecule has 96 valence electrons. The maximum absolute atomic E-state index is 5.21. The van der Waals surface area contributed by atoms with Crippen LogP contribution < -0.4 is 10.1 Å². The molecular weight excluding hydrogens is 230 g/mol. The average molecular weight is 247 g/mol. The highest BCUT2D eigenvalue weighted by Gasteiger charge is 2.02. The van der Waals surface area contributed by atoms with Crippen LogP contribution >= 0.6 is 0 Å². The van der Waals surface area contributed by atoms with Crippen molar-refractivity contribution >= 4 is 0 Å². The standard InChI is InChI=1S/C12H17N5O/c1-9-4-11(18-3)5-10(15-9)6-13-7-12-14-8-17(2)16-12/h4-5,8,13H,6-7H2,1-3H3. The van der Waals surface area contributed by atoms with Gasteiger partial charge in [0.05, 0.1) is 19.3 Å². The summed E-state index contributed by atoms with van der Waals surface area (Å²) in [5, 5.41) is 7.44. The van der Waals surface area contributed by atoms with Gasteiger partial charge >= 0.3 is 0 Å². The third-order valence-electron chi connectivity index (χ3n) is 2.45. The van der Waals surface area contributed by atoms with Crippen LogP contribution in [-0.2, 0) is 20.1 Å². The number of hydrogen-bond donors (Lipinski definition) is 1. The zero-order chi connectivity index (χ0) is 13.0. The summed E-state index contributed by atoms with van der Waals surface area (Å²) >= 11 is 0. The van der Waals surface area contributed by atoms with Gasteiger partial charge in [-0.3, -0.25) is 9.67 Å². The molecule has 6 heteroatoms. The quantitative estimate of drug-likeness (QED) is 0.847. The summed E-state index contributed by atoms with van der Waals surface area (Å²) in [7, 11) is 3.51. The van der Waals surface area contributed by atoms with Crippen molar-refractivity contribution in [2.45, 2.75) is 20.0 Å². The number of nitrogens with zero attached hydrogens (tertiary/aromatic N) is 4. The number of hydrogen-bond acceptors (Lipinski definition) is 5. The largest absolute Gasteiger partial charge is 0.497 e. The second-order valence-corrected chi connectivity index (χ2v) is 4.08. The highest BCUT2D eigenvalue weighted by Crippen LogP contribution is 2.13. The van der Waals surface area contributed by atoms with Gasteiger partial charge in [0.2, 0.25) is 0 Å². The molecule has 0 aliphatic carbocycles. The van der Waals surface area contributed by atoms with Gasteiger partial charge in [-0.1, -0.05) is 0 Å². The molecule has 0 spiro atoms. The Kier molecular flexibility index (Phi) is 3.88. The van der Waals surface area contributed by atoms with E-state index in [2.05, 4.69) is 20.4 Å². The minimum atomic E-state index is 0.624. The average Bonchev–Trinajstić information content (AvgIpc) is 2.74. The van der Waals surface area contributed by atoms with E-state index in [9.17, 15) is 0 Å². The van der Waals surface area contributed by atoms with E-state index in [0.29, 0.717) is 13.1 Å². The zero-order valence-corrected chi connectivity index (χ0v) is 10.8. The summed E-state index contributed by atoms with van der Waals surface area (Å²) in [5.74, 6) is 1.60. The van der Waals surface area contributed by atoms with E-state index in [-0.39, 0.29) is 0 Å². The van der Waals surface area contributed by atoms with E-state index in [0.717, 1.165) is 23.0 Å². The number of aryl methyl sites for hydroxylation is 2. The minimum absolute atomic E-state index is 0.624. The Hall–Kier alpha value is -1.95. The zero-order valence-electron chi connectivity index (χ0n) is 10.8. The van der Waals surface area contributed by atoms with E-state index < -0.39 is 0 Å². The molecule has 0 saturated carbocycles. The number of ether oxygens (including phenoxy) is 1. The summed E-state index contributed by atoms with van der Waals surface area (Å²) in [6.45, 7) is 3.24. The minimum Gasteiger partial charge on any atom is -0.497 e. The summed E-state index contributed by atoms with van der Waals surface area (Å²) < 4.78 is 6.89. The van der Waals surface area contributed by atoms with Crippen molar-refractivity contribution in [3.05, 3.63) is 35.7 Å². The molecule has 0 aliphatic rings. The lowest BCUT2D eigenvalue weighted by Gasteiger charge is -2.06. The van der Waals surface area contributed by atoms with Crippen LogP contribution in [0.2, 0.25) is 0 Å². The molecule has 0 amide bonds. The van der Waals surface area contributed by atoms with Crippen LogP contribution in [0.5, 0.6) is 5.75 Å². The summed E-state index contributed by atoms with van der Waals surface area (Å²) in [6, 6.07) is 3.83. The summed E-state index contributed by atoms with van der Waals surface area (Å²) in [4.78, 5) is 8.57. The third-order valence-corrected chi connectivity index (χ3v) is 2.45. The predicted octanol–water partition coefficient (Wildman–Crippen LogP) is 0.817. The summed E-state index contributed by atoms with van der Waals surface area (Å²) in [6.07, 6.45) is 1.69. The molecule has 6 nitrogen and oxygen atoms in total. The van der Waals surface area contributed by atoms with Crippen molar-refractivity contribution in [3.8, 4) is 5.75 Å². The monoisotopic (exact) mass is 247 g/mol. The van der Waals surface area contributed by atoms with E-state index in [1.807, 2.05) is 26.1 Å². The Morgan fingerprint density at radius 1 is 1.33 bits per heavy atom. The fraction of sp³-hybridized carbons (Fsp3) is 0.417. The van der Waals surface area contributed by atoms with E-state index in [1.54, 1.807) is 18.1 Å². The Morgan fingerprint density at radius 3 is 2.83 bits per heavy atom. The third kappa shape index (κ3) is 3.27. The summed E-state index contributed by atoms with van der Waals surface area (Å²) in [5.41, 5.74) is 1.89. The predicted molar refractivity (Wildman–Crippen MR) is 67.1 cm³/mol. The Labute approximate surface area is 106 Å². The van der Waals surface area contributed by atoms with Crippen LogP contribution in [0.1, 0.15) is 17.2 Å². The van der Waals surface area contributed by atoms with Crippen molar-refractivity contribution < 1.29 is 4.74 Å². The van der Waals surface area contributed by atoms with Gasteiger partial charge in [-0.05, 0) is 6.92 Å². The van der Waals surface area contributed by atoms with E-state index >= 15 is 0 Å². The van der Waals surface area contributed by atoms with Crippen LogP contribution in [0.25, 0.3) is 0 Å². The van der Waals surface area contributed by atoms with Crippen LogP contribution in [-0.4, -0.2) is 26.9 Å². The van der Waals surface area contributed by atoms with Crippen molar-refractivity contribution in [1.29, 1.82) is 0 Å². The Balaban J connectivity index is 1.91. The molecule has 0 atom stereocenters. The first kappa shape index (κ1) is 12.5. The van der Waals surface area contributed by atoms with Gasteiger partial charge < -0.3 is 10.1 Å². The molecule has 2 rings (SSSR count). The van der Waals surface area contributed by atoms with Gasteiger partial charge in [-0.15, -0.1) is 0 Å². The molecule has 0 saturated heterocycles. The lowest BCUT2D eigenvalue weighted by atomic mass is 10.3. The first-order valence-corrected chi connectivity index (χ1v) is 5.74. The van der Waals surface area contributed by atoms with Gasteiger partial charge in [-0.25, -0.2) is 4.98 Å². The molecule has 0 unspecified atom stereocenters. The van der Waals surface area contributed by atoms with Crippen LogP contribution in [0.3, 0.4) is 0 Å². The van der Waals surface area contributed by atoms with Gasteiger partial charge in [0.25, 0.3) is 0 Å². The lowest BCUT2D eigenvalue weighted by molar-refractivity contribution is 0.412. The first-order chi connectivity index (χ1) is 8.67. The van der Waals surface area contributed by atoms with Crippen molar-refractivity contribution in [1.82, 2.24) is 25.1 Å². The molecule has 0 radical (unpaired) electrons. The number of methoxy groups -OCH3 is 1. The van der Waals surface area contributed by atoms with Crippen molar-refractivity contribution in [2.75, 3.05) is 7.11 Å². The number of aromatic nitrogens is 4. The first-order valence-electron chi connectivity index (χ1n) is 5.74. The van der Waals surface area contributed by atoms with Crippen molar-refractivity contribution in [3.63, 3.8) is 0 Å². The molecule has 2 aromatic heterocycles. The van der Waals surface area contributed by atoms with Crippen LogP contribution in [0.15, 0.2) is 18.5 Å². The normalized spacial score (nSPS) is 10.6. The second-order valence-electron chi connectivity index (χ2n) is 4.08. The molecule has 1 N–H and O–H groups in total. The van der Waals surface area contributed by atoms with Gasteiger partial charge in [0, 0.05) is 31.4 Å². The SMILES string of the molecule is COc1cc(C)nc(CNCc2ncn(C)n2)c1. The molecule has 2 heterocycles. The lowest BCUT2D eigenvalue weighted by Crippen LogP contribution is -2.15. The number of nitrogens with one attached hydrogen (secondary N) is 1. The van der Waals surface area contributed by atoms with Gasteiger partial charge in [0.1, 0.15) is 12.1 Å². The maximum Gasteiger partial charge on any atom is 0.164 e. The van der Waals surface area contributed by atoms with E-state index in [1.165, 1.54) is 0 Å². The maximum atomic E-state index is 5.21. The highest BCUT2D eigenvalue weighted by molar-refractivity contribution is 5.26. The number of pyridine rings is 1. The molecule has 0 aromatic carbocycles. The van der Waals surface area contributed by atoms with Crippen molar-refractivity contribution in [2.24, 2.45) is 7.05 Å². The van der Waals surface area contributed by atoms with Crippen LogP contribution in [0.4, 0.5) is 0 Å². The fourth-order valence-corrected chi connectivity index (χ4v) is 1.68. The topological polar surface area (TPSA) is 64.9 Å². The molecule has 0 fully saturated rings. The van der Waals surface area contributed by atoms with Gasteiger partial charge in [-0.2, -0.15) is 5.10 Å². The molecule has 2 aromatic rings. The molecular formula is C12H17N5O. The Morgan fingerprint density at radius 2 is 2.17 bits per heavy atom. The molecule has 0 aliphatic heterocycles. The highest BCUT2D eigenvalue weighted by atomic mass is 16.5. The van der Waals surface area contributed by atoms with E-state index in [4.69, 9.17) is 4.74 Å². The smallest absolute Gasteiger partial charge is 0.164 e.